The molecule has 3 amide bonds. The Morgan fingerprint density at radius 2 is 1.70 bits per heavy atom. The molecule has 2 aromatic carbocycles. The maximum absolute atomic E-state index is 13.6. The second-order valence-electron chi connectivity index (χ2n) is 10.5. The van der Waals surface area contributed by atoms with E-state index in [0.29, 0.717) is 37.5 Å². The maximum atomic E-state index is 13.6. The molecule has 0 aromatic heterocycles. The first-order valence-corrected chi connectivity index (χ1v) is 13.1. The number of nitrogens with zero attached hydrogens (tertiary/aromatic N) is 3. The van der Waals surface area contributed by atoms with Gasteiger partial charge in [0.25, 0.3) is 5.91 Å². The van der Waals surface area contributed by atoms with E-state index in [9.17, 15) is 14.4 Å². The molecule has 37 heavy (non-hydrogen) atoms. The lowest BCUT2D eigenvalue weighted by Crippen LogP contribution is -2.49. The normalized spacial score (nSPS) is 16.1. The Morgan fingerprint density at radius 1 is 1.03 bits per heavy atom. The van der Waals surface area contributed by atoms with Gasteiger partial charge in [-0.15, -0.1) is 0 Å². The Labute approximate surface area is 223 Å². The number of hydrogen-bond acceptors (Lipinski definition) is 4. The predicted octanol–water partition coefficient (Wildman–Crippen LogP) is 5.69. The molecule has 7 nitrogen and oxygen atoms in total. The molecule has 0 N–H and O–H groups in total. The number of anilines is 2. The minimum atomic E-state index is -0.560. The molecule has 2 aliphatic rings. The summed E-state index contributed by atoms with van der Waals surface area (Å²) in [6.45, 7) is 8.75. The highest BCUT2D eigenvalue weighted by Gasteiger charge is 2.33. The van der Waals surface area contributed by atoms with Gasteiger partial charge in [0.1, 0.15) is 5.60 Å². The van der Waals surface area contributed by atoms with Crippen LogP contribution >= 0.6 is 11.6 Å². The summed E-state index contributed by atoms with van der Waals surface area (Å²) >= 11 is 5.99. The number of halogens is 1. The van der Waals surface area contributed by atoms with E-state index in [0.717, 1.165) is 28.9 Å². The highest BCUT2D eigenvalue weighted by molar-refractivity contribution is 6.30. The topological polar surface area (TPSA) is 70.2 Å². The summed E-state index contributed by atoms with van der Waals surface area (Å²) in [7, 11) is 0. The fraction of sp³-hybridized carbons (Fsp3) is 0.414. The second-order valence-corrected chi connectivity index (χ2v) is 11.0. The lowest BCUT2D eigenvalue weighted by molar-refractivity contribution is -0.116. The molecule has 0 spiro atoms. The highest BCUT2D eigenvalue weighted by atomic mass is 35.5. The molecule has 0 unspecified atom stereocenters. The Bertz CT molecular complexity index is 1190. The van der Waals surface area contributed by atoms with Crippen molar-refractivity contribution in [2.24, 2.45) is 0 Å². The Kier molecular flexibility index (Phi) is 7.93. The summed E-state index contributed by atoms with van der Waals surface area (Å²) in [6, 6.07) is 13.1. The molecule has 1 fully saturated rings. The first kappa shape index (κ1) is 26.7. The Balaban J connectivity index is 1.59. The van der Waals surface area contributed by atoms with Crippen molar-refractivity contribution < 1.29 is 19.1 Å². The standard InChI is InChI=1S/C29H34ClN3O4/c1-20(34)32-18-13-22-8-11-25(19-26(22)32)33(27(35)12-7-21-5-9-23(30)10-6-21)24-14-16-31(17-15-24)28(36)37-29(2,3)4/h5-12,19,24H,13-18H2,1-4H3. The number of fused-ring (bicyclic) bond motifs is 1. The van der Waals surface area contributed by atoms with Crippen molar-refractivity contribution in [1.82, 2.24) is 4.90 Å². The number of carbonyl (C=O) groups excluding carboxylic acids is 3. The van der Waals surface area contributed by atoms with E-state index in [4.69, 9.17) is 16.3 Å². The number of hydrogen-bond donors (Lipinski definition) is 0. The van der Waals surface area contributed by atoms with Gasteiger partial charge in [0.2, 0.25) is 5.91 Å². The lowest BCUT2D eigenvalue weighted by atomic mass is 10.0. The first-order valence-electron chi connectivity index (χ1n) is 12.7. The van der Waals surface area contributed by atoms with E-state index >= 15 is 0 Å². The summed E-state index contributed by atoms with van der Waals surface area (Å²) in [4.78, 5) is 43.6. The molecule has 2 aliphatic heterocycles. The minimum Gasteiger partial charge on any atom is -0.444 e. The zero-order chi connectivity index (χ0) is 26.7. The van der Waals surface area contributed by atoms with Crippen LogP contribution in [0.2, 0.25) is 5.02 Å². The Morgan fingerprint density at radius 3 is 2.32 bits per heavy atom. The molecule has 0 atom stereocenters. The minimum absolute atomic E-state index is 0.0120. The van der Waals surface area contributed by atoms with Crippen LogP contribution < -0.4 is 9.80 Å². The molecule has 0 radical (unpaired) electrons. The third kappa shape index (κ3) is 6.52. The molecule has 4 rings (SSSR count). The lowest BCUT2D eigenvalue weighted by Gasteiger charge is -2.38. The van der Waals surface area contributed by atoms with Crippen LogP contribution in [0.5, 0.6) is 0 Å². The monoisotopic (exact) mass is 523 g/mol. The van der Waals surface area contributed by atoms with E-state index in [1.165, 1.54) is 0 Å². The van der Waals surface area contributed by atoms with Gasteiger partial charge in [0.05, 0.1) is 0 Å². The fourth-order valence-electron chi connectivity index (χ4n) is 4.82. The summed E-state index contributed by atoms with van der Waals surface area (Å²) in [6.07, 6.45) is 5.05. The van der Waals surface area contributed by atoms with Crippen molar-refractivity contribution >= 4 is 47.0 Å². The zero-order valence-corrected chi connectivity index (χ0v) is 22.6. The largest absolute Gasteiger partial charge is 0.444 e. The number of amides is 3. The van der Waals surface area contributed by atoms with Crippen molar-refractivity contribution in [3.05, 3.63) is 64.7 Å². The third-order valence-electron chi connectivity index (χ3n) is 6.63. The first-order chi connectivity index (χ1) is 17.5. The van der Waals surface area contributed by atoms with E-state index in [-0.39, 0.29) is 23.9 Å². The SMILES string of the molecule is CC(=O)N1CCc2ccc(N(C(=O)C=Cc3ccc(Cl)cc3)C3CCN(C(=O)OC(C)(C)C)CC3)cc21. The summed E-state index contributed by atoms with van der Waals surface area (Å²) in [5, 5.41) is 0.634. The van der Waals surface area contributed by atoms with Crippen molar-refractivity contribution in [3.8, 4) is 0 Å². The average Bonchev–Trinajstić information content (AvgIpc) is 3.27. The molecular formula is C29H34ClN3O4. The number of rotatable bonds is 4. The average molecular weight is 524 g/mol. The van der Waals surface area contributed by atoms with Crippen LogP contribution in [-0.4, -0.2) is 54.1 Å². The molecule has 0 aliphatic carbocycles. The van der Waals surface area contributed by atoms with Gasteiger partial charge in [-0.05, 0) is 81.5 Å². The van der Waals surface area contributed by atoms with Crippen LogP contribution in [-0.2, 0) is 20.7 Å². The molecule has 0 bridgehead atoms. The van der Waals surface area contributed by atoms with E-state index < -0.39 is 5.60 Å². The molecular weight excluding hydrogens is 490 g/mol. The number of carbonyl (C=O) groups is 3. The van der Waals surface area contributed by atoms with Crippen LogP contribution in [0.3, 0.4) is 0 Å². The molecule has 1 saturated heterocycles. The van der Waals surface area contributed by atoms with Gasteiger partial charge in [-0.2, -0.15) is 0 Å². The Hall–Kier alpha value is -3.32. The van der Waals surface area contributed by atoms with Crippen molar-refractivity contribution in [3.63, 3.8) is 0 Å². The van der Waals surface area contributed by atoms with Gasteiger partial charge in [-0.1, -0.05) is 29.8 Å². The summed E-state index contributed by atoms with van der Waals surface area (Å²) in [5.74, 6) is -0.167. The molecule has 0 saturated carbocycles. The number of benzene rings is 2. The predicted molar refractivity (Wildman–Crippen MR) is 147 cm³/mol. The van der Waals surface area contributed by atoms with Crippen LogP contribution in [0.25, 0.3) is 6.08 Å². The van der Waals surface area contributed by atoms with Gasteiger partial charge in [-0.25, -0.2) is 4.79 Å². The van der Waals surface area contributed by atoms with Gasteiger partial charge < -0.3 is 19.4 Å². The zero-order valence-electron chi connectivity index (χ0n) is 21.9. The quantitative estimate of drug-likeness (QED) is 0.482. The molecule has 2 aromatic rings. The van der Waals surface area contributed by atoms with E-state index in [2.05, 4.69) is 0 Å². The van der Waals surface area contributed by atoms with Crippen LogP contribution in [0.4, 0.5) is 16.2 Å². The van der Waals surface area contributed by atoms with E-state index in [1.807, 2.05) is 51.1 Å². The van der Waals surface area contributed by atoms with Crippen LogP contribution in [0.15, 0.2) is 48.5 Å². The fourth-order valence-corrected chi connectivity index (χ4v) is 4.94. The summed E-state index contributed by atoms with van der Waals surface area (Å²) in [5.41, 5.74) is 3.01. The third-order valence-corrected chi connectivity index (χ3v) is 6.88. The van der Waals surface area contributed by atoms with Gasteiger partial charge in [-0.3, -0.25) is 9.59 Å². The number of piperidine rings is 1. The maximum Gasteiger partial charge on any atom is 0.410 e. The molecule has 196 valence electrons. The second kappa shape index (κ2) is 11.0. The molecule has 2 heterocycles. The number of likely N-dealkylation sites (tertiary alicyclic amines) is 1. The van der Waals surface area contributed by atoms with Crippen molar-refractivity contribution in [1.29, 1.82) is 0 Å². The molecule has 8 heteroatoms. The van der Waals surface area contributed by atoms with E-state index in [1.54, 1.807) is 45.9 Å². The van der Waals surface area contributed by atoms with Crippen LogP contribution in [0, 0.1) is 0 Å². The van der Waals surface area contributed by atoms with Gasteiger partial charge in [0, 0.05) is 55.1 Å². The van der Waals surface area contributed by atoms with Gasteiger partial charge >= 0.3 is 6.09 Å². The van der Waals surface area contributed by atoms with Crippen LogP contribution in [0.1, 0.15) is 51.7 Å². The highest BCUT2D eigenvalue weighted by Crippen LogP contribution is 2.34. The smallest absolute Gasteiger partial charge is 0.410 e. The number of ether oxygens (including phenoxy) is 1. The summed E-state index contributed by atoms with van der Waals surface area (Å²) < 4.78 is 5.53. The van der Waals surface area contributed by atoms with Crippen molar-refractivity contribution in [2.45, 2.75) is 58.6 Å². The van der Waals surface area contributed by atoms with Gasteiger partial charge in [0.15, 0.2) is 0 Å². The van der Waals surface area contributed by atoms with Crippen molar-refractivity contribution in [2.75, 3.05) is 29.4 Å².